The monoisotopic (exact) mass is 317 g/mol. The molecule has 0 unspecified atom stereocenters. The van der Waals surface area contributed by atoms with Crippen molar-refractivity contribution in [2.45, 2.75) is 45.6 Å². The molecule has 2 aliphatic heterocycles. The number of likely N-dealkylation sites (tertiary alicyclic amines) is 1. The summed E-state index contributed by atoms with van der Waals surface area (Å²) >= 11 is 0. The molecular formula is C16H23N5O2. The highest BCUT2D eigenvalue weighted by Gasteiger charge is 2.36. The first-order valence-electron chi connectivity index (χ1n) is 8.05. The van der Waals surface area contributed by atoms with Crippen LogP contribution in [0.3, 0.4) is 0 Å². The van der Waals surface area contributed by atoms with Gasteiger partial charge < -0.3 is 4.90 Å². The van der Waals surface area contributed by atoms with Crippen molar-refractivity contribution < 1.29 is 9.59 Å². The lowest BCUT2D eigenvalue weighted by Crippen LogP contribution is -2.40. The summed E-state index contributed by atoms with van der Waals surface area (Å²) in [6.45, 7) is 4.77. The molecule has 0 N–H and O–H groups in total. The van der Waals surface area contributed by atoms with Gasteiger partial charge in [-0.05, 0) is 26.7 Å². The fourth-order valence-corrected chi connectivity index (χ4v) is 3.57. The van der Waals surface area contributed by atoms with Crippen molar-refractivity contribution in [3.63, 3.8) is 0 Å². The van der Waals surface area contributed by atoms with Crippen LogP contribution in [-0.4, -0.2) is 50.8 Å². The molecule has 1 saturated heterocycles. The second-order valence-corrected chi connectivity index (χ2v) is 6.33. The topological polar surface area (TPSA) is 70.8 Å². The van der Waals surface area contributed by atoms with E-state index in [1.54, 1.807) is 7.05 Å². The molecule has 1 fully saturated rings. The van der Waals surface area contributed by atoms with E-state index in [9.17, 15) is 9.59 Å². The molecule has 0 radical (unpaired) electrons. The highest BCUT2D eigenvalue weighted by Crippen LogP contribution is 2.35. The van der Waals surface area contributed by atoms with Crippen LogP contribution in [0, 0.1) is 13.8 Å². The average Bonchev–Trinajstić information content (AvgIpc) is 3.06. The Bertz CT molecular complexity index is 691. The third-order valence-electron chi connectivity index (χ3n) is 4.87. The van der Waals surface area contributed by atoms with Crippen LogP contribution in [0.15, 0.2) is 5.10 Å². The Morgan fingerprint density at radius 1 is 1.22 bits per heavy atom. The highest BCUT2D eigenvalue weighted by molar-refractivity contribution is 6.39. The van der Waals surface area contributed by atoms with Crippen molar-refractivity contribution in [1.29, 1.82) is 0 Å². The first-order chi connectivity index (χ1) is 10.9. The van der Waals surface area contributed by atoms with Gasteiger partial charge in [-0.1, -0.05) is 0 Å². The van der Waals surface area contributed by atoms with Crippen LogP contribution in [0.4, 0.5) is 0 Å². The quantitative estimate of drug-likeness (QED) is 0.825. The van der Waals surface area contributed by atoms with Crippen molar-refractivity contribution in [3.05, 3.63) is 17.0 Å². The number of aryl methyl sites for hydroxylation is 2. The summed E-state index contributed by atoms with van der Waals surface area (Å²) in [6, 6.07) is 0.0573. The number of hydrazone groups is 1. The maximum atomic E-state index is 12.9. The zero-order valence-electron chi connectivity index (χ0n) is 14.2. The standard InChI is InChI=1S/C16H23N5O2/c1-10-15(11(2)19(3)17-10)13-6-5-9-21(13)16(23)12-7-8-14(22)20(4)18-12/h13H,5-9H2,1-4H3/t13-/m0/s1. The van der Waals surface area contributed by atoms with Gasteiger partial charge in [0.1, 0.15) is 5.71 Å². The summed E-state index contributed by atoms with van der Waals surface area (Å²) in [5, 5.41) is 9.93. The summed E-state index contributed by atoms with van der Waals surface area (Å²) in [5.74, 6) is -0.0898. The Labute approximate surface area is 135 Å². The number of hydrogen-bond acceptors (Lipinski definition) is 4. The van der Waals surface area contributed by atoms with E-state index in [1.807, 2.05) is 30.5 Å². The molecule has 3 rings (SSSR count). The molecule has 124 valence electrons. The fourth-order valence-electron chi connectivity index (χ4n) is 3.57. The van der Waals surface area contributed by atoms with Crippen LogP contribution >= 0.6 is 0 Å². The van der Waals surface area contributed by atoms with Crippen LogP contribution in [0.1, 0.15) is 48.7 Å². The van der Waals surface area contributed by atoms with Crippen LogP contribution in [0.2, 0.25) is 0 Å². The number of nitrogens with zero attached hydrogens (tertiary/aromatic N) is 5. The van der Waals surface area contributed by atoms with E-state index in [2.05, 4.69) is 10.2 Å². The summed E-state index contributed by atoms with van der Waals surface area (Å²) < 4.78 is 1.87. The van der Waals surface area contributed by atoms with Crippen molar-refractivity contribution in [1.82, 2.24) is 19.7 Å². The summed E-state index contributed by atoms with van der Waals surface area (Å²) in [5.41, 5.74) is 3.72. The molecule has 1 aromatic rings. The second-order valence-electron chi connectivity index (χ2n) is 6.33. The van der Waals surface area contributed by atoms with Crippen LogP contribution in [0.25, 0.3) is 0 Å². The summed E-state index contributed by atoms with van der Waals surface area (Å²) in [4.78, 5) is 26.3. The molecule has 1 atom stereocenters. The van der Waals surface area contributed by atoms with E-state index in [-0.39, 0.29) is 17.9 Å². The van der Waals surface area contributed by atoms with E-state index < -0.39 is 0 Å². The predicted molar refractivity (Wildman–Crippen MR) is 85.8 cm³/mol. The molecular weight excluding hydrogens is 294 g/mol. The van der Waals surface area contributed by atoms with Gasteiger partial charge in [-0.3, -0.25) is 14.3 Å². The van der Waals surface area contributed by atoms with Crippen molar-refractivity contribution >= 4 is 17.5 Å². The van der Waals surface area contributed by atoms with E-state index in [1.165, 1.54) is 5.01 Å². The lowest BCUT2D eigenvalue weighted by molar-refractivity contribution is -0.130. The zero-order valence-corrected chi connectivity index (χ0v) is 14.2. The Morgan fingerprint density at radius 3 is 2.57 bits per heavy atom. The van der Waals surface area contributed by atoms with Gasteiger partial charge in [0, 0.05) is 44.7 Å². The molecule has 7 nitrogen and oxygen atoms in total. The van der Waals surface area contributed by atoms with Crippen LogP contribution in [-0.2, 0) is 16.6 Å². The van der Waals surface area contributed by atoms with Crippen molar-refractivity contribution in [2.75, 3.05) is 13.6 Å². The van der Waals surface area contributed by atoms with Gasteiger partial charge in [0.2, 0.25) is 5.91 Å². The van der Waals surface area contributed by atoms with Gasteiger partial charge in [0.25, 0.3) is 5.91 Å². The average molecular weight is 317 g/mol. The van der Waals surface area contributed by atoms with Gasteiger partial charge in [0.05, 0.1) is 11.7 Å². The fraction of sp³-hybridized carbons (Fsp3) is 0.625. The first kappa shape index (κ1) is 15.7. The van der Waals surface area contributed by atoms with E-state index >= 15 is 0 Å². The summed E-state index contributed by atoms with van der Waals surface area (Å²) in [7, 11) is 3.53. The van der Waals surface area contributed by atoms with Crippen LogP contribution < -0.4 is 0 Å². The van der Waals surface area contributed by atoms with Gasteiger partial charge >= 0.3 is 0 Å². The molecule has 23 heavy (non-hydrogen) atoms. The smallest absolute Gasteiger partial charge is 0.270 e. The molecule has 0 aliphatic carbocycles. The number of amides is 2. The van der Waals surface area contributed by atoms with Crippen LogP contribution in [0.5, 0.6) is 0 Å². The maximum absolute atomic E-state index is 12.9. The van der Waals surface area contributed by atoms with Gasteiger partial charge in [-0.25, -0.2) is 5.01 Å². The number of carbonyl (C=O) groups excluding carboxylic acids is 2. The summed E-state index contributed by atoms with van der Waals surface area (Å²) in [6.07, 6.45) is 2.70. The third-order valence-corrected chi connectivity index (χ3v) is 4.87. The molecule has 2 amide bonds. The number of rotatable bonds is 2. The van der Waals surface area contributed by atoms with Gasteiger partial charge in [-0.15, -0.1) is 0 Å². The minimum atomic E-state index is -0.0468. The molecule has 3 heterocycles. The van der Waals surface area contributed by atoms with Gasteiger partial charge in [-0.2, -0.15) is 10.2 Å². The van der Waals surface area contributed by atoms with E-state index in [0.29, 0.717) is 18.6 Å². The molecule has 2 aliphatic rings. The number of carbonyl (C=O) groups is 2. The molecule has 7 heteroatoms. The molecule has 0 spiro atoms. The van der Waals surface area contributed by atoms with E-state index in [4.69, 9.17) is 0 Å². The minimum absolute atomic E-state index is 0.0431. The lowest BCUT2D eigenvalue weighted by Gasteiger charge is -2.28. The largest absolute Gasteiger partial charge is 0.330 e. The van der Waals surface area contributed by atoms with E-state index in [0.717, 1.165) is 36.3 Å². The zero-order chi connectivity index (χ0) is 16.7. The molecule has 0 bridgehead atoms. The number of aromatic nitrogens is 2. The third kappa shape index (κ3) is 2.64. The Morgan fingerprint density at radius 2 is 1.96 bits per heavy atom. The lowest BCUT2D eigenvalue weighted by atomic mass is 10.0. The SMILES string of the molecule is Cc1nn(C)c(C)c1[C@@H]1CCCN1C(=O)C1=NN(C)C(=O)CC1. The Kier molecular flexibility index (Phi) is 3.95. The van der Waals surface area contributed by atoms with Gasteiger partial charge in [0.15, 0.2) is 0 Å². The normalized spacial score (nSPS) is 21.8. The molecule has 0 saturated carbocycles. The predicted octanol–water partition coefficient (Wildman–Crippen LogP) is 1.31. The minimum Gasteiger partial charge on any atom is -0.330 e. The Hall–Kier alpha value is -2.18. The molecule has 1 aromatic heterocycles. The van der Waals surface area contributed by atoms with Crippen molar-refractivity contribution in [2.24, 2.45) is 12.1 Å². The molecule has 0 aromatic carbocycles. The van der Waals surface area contributed by atoms with Crippen molar-refractivity contribution in [3.8, 4) is 0 Å². The first-order valence-corrected chi connectivity index (χ1v) is 8.05. The highest BCUT2D eigenvalue weighted by atomic mass is 16.2. The second kappa shape index (κ2) is 5.79. The number of hydrogen-bond donors (Lipinski definition) is 0. The maximum Gasteiger partial charge on any atom is 0.270 e. The Balaban J connectivity index is 1.89.